The van der Waals surface area contributed by atoms with Gasteiger partial charge in [0.1, 0.15) is 5.69 Å². The van der Waals surface area contributed by atoms with Crippen molar-refractivity contribution in [3.05, 3.63) is 34.9 Å². The standard InChI is InChI=1S/C21H29N5O2/c1-7-8-9-10-28-25-20(27)18-11-16(17-12-23-26(6)15(17)3)14(2)19(24-18)21(4,5)13-22/h11-12H,7-10H2,1-6H3,(H,25,27). The lowest BCUT2D eigenvalue weighted by Crippen LogP contribution is -2.27. The predicted molar refractivity (Wildman–Crippen MR) is 107 cm³/mol. The van der Waals surface area contributed by atoms with Gasteiger partial charge in [0.25, 0.3) is 5.91 Å². The number of rotatable bonds is 8. The van der Waals surface area contributed by atoms with E-state index in [1.807, 2.05) is 20.9 Å². The lowest BCUT2D eigenvalue weighted by atomic mass is 9.85. The Kier molecular flexibility index (Phi) is 6.92. The maximum atomic E-state index is 12.6. The molecule has 0 aliphatic rings. The summed E-state index contributed by atoms with van der Waals surface area (Å²) in [5, 5.41) is 13.9. The third-order valence-corrected chi connectivity index (χ3v) is 4.92. The number of pyridine rings is 1. The molecule has 2 aromatic heterocycles. The Hall–Kier alpha value is -2.72. The molecule has 0 saturated carbocycles. The van der Waals surface area contributed by atoms with Crippen LogP contribution in [0.3, 0.4) is 0 Å². The van der Waals surface area contributed by atoms with E-state index in [1.165, 1.54) is 0 Å². The first-order valence-corrected chi connectivity index (χ1v) is 9.57. The lowest BCUT2D eigenvalue weighted by molar-refractivity contribution is 0.0294. The number of carbonyl (C=O) groups is 1. The average molecular weight is 383 g/mol. The number of nitrogens with one attached hydrogen (secondary N) is 1. The normalized spacial score (nSPS) is 11.3. The van der Waals surface area contributed by atoms with Gasteiger partial charge in [-0.2, -0.15) is 10.4 Å². The van der Waals surface area contributed by atoms with Crippen LogP contribution in [0.4, 0.5) is 0 Å². The summed E-state index contributed by atoms with van der Waals surface area (Å²) < 4.78 is 1.78. The maximum absolute atomic E-state index is 12.6. The number of hydrogen-bond donors (Lipinski definition) is 1. The second-order valence-electron chi connectivity index (χ2n) is 7.52. The molecule has 2 heterocycles. The molecule has 1 amide bonds. The highest BCUT2D eigenvalue weighted by Gasteiger charge is 2.28. The molecule has 0 fully saturated rings. The number of hydroxylamine groups is 1. The smallest absolute Gasteiger partial charge is 0.273 e. The first kappa shape index (κ1) is 21.6. The zero-order chi connectivity index (χ0) is 20.9. The van der Waals surface area contributed by atoms with Crippen LogP contribution in [0, 0.1) is 25.2 Å². The zero-order valence-corrected chi connectivity index (χ0v) is 17.6. The first-order chi connectivity index (χ1) is 13.2. The molecule has 0 aliphatic heterocycles. The van der Waals surface area contributed by atoms with Crippen LogP contribution < -0.4 is 5.48 Å². The number of carbonyl (C=O) groups excluding carboxylic acids is 1. The number of hydrogen-bond acceptors (Lipinski definition) is 5. The van der Waals surface area contributed by atoms with Gasteiger partial charge < -0.3 is 0 Å². The SMILES string of the molecule is CCCCCONC(=O)c1cc(-c2cnn(C)c2C)c(C)c(C(C)(C)C#N)n1. The van der Waals surface area contributed by atoms with Gasteiger partial charge in [0.15, 0.2) is 0 Å². The fourth-order valence-corrected chi connectivity index (χ4v) is 3.02. The van der Waals surface area contributed by atoms with Crippen LogP contribution in [-0.2, 0) is 17.3 Å². The van der Waals surface area contributed by atoms with E-state index in [4.69, 9.17) is 4.84 Å². The van der Waals surface area contributed by atoms with Crippen molar-refractivity contribution in [2.75, 3.05) is 6.61 Å². The van der Waals surface area contributed by atoms with Crippen molar-refractivity contribution in [2.45, 2.75) is 59.3 Å². The molecular weight excluding hydrogens is 354 g/mol. The molecule has 150 valence electrons. The highest BCUT2D eigenvalue weighted by Crippen LogP contribution is 2.33. The molecule has 7 heteroatoms. The fourth-order valence-electron chi connectivity index (χ4n) is 3.02. The van der Waals surface area contributed by atoms with Gasteiger partial charge in [0.05, 0.1) is 30.0 Å². The Morgan fingerprint density at radius 1 is 1.32 bits per heavy atom. The van der Waals surface area contributed by atoms with E-state index < -0.39 is 11.3 Å². The monoisotopic (exact) mass is 383 g/mol. The highest BCUT2D eigenvalue weighted by atomic mass is 16.6. The van der Waals surface area contributed by atoms with E-state index in [0.29, 0.717) is 12.3 Å². The minimum atomic E-state index is -0.840. The molecule has 0 unspecified atom stereocenters. The summed E-state index contributed by atoms with van der Waals surface area (Å²) in [5.41, 5.74) is 6.01. The van der Waals surface area contributed by atoms with Crippen molar-refractivity contribution in [2.24, 2.45) is 7.05 Å². The summed E-state index contributed by atoms with van der Waals surface area (Å²) in [6.45, 7) is 10.0. The zero-order valence-electron chi connectivity index (χ0n) is 17.6. The van der Waals surface area contributed by atoms with Gasteiger partial charge >= 0.3 is 0 Å². The van der Waals surface area contributed by atoms with E-state index in [-0.39, 0.29) is 5.69 Å². The predicted octanol–water partition coefficient (Wildman–Crippen LogP) is 3.75. The largest absolute Gasteiger partial charge is 0.293 e. The molecule has 28 heavy (non-hydrogen) atoms. The molecule has 0 spiro atoms. The fraction of sp³-hybridized carbons (Fsp3) is 0.524. The van der Waals surface area contributed by atoms with Crippen molar-refractivity contribution in [3.63, 3.8) is 0 Å². The number of nitriles is 1. The lowest BCUT2D eigenvalue weighted by Gasteiger charge is -2.21. The van der Waals surface area contributed by atoms with E-state index in [9.17, 15) is 10.1 Å². The summed E-state index contributed by atoms with van der Waals surface area (Å²) in [6.07, 6.45) is 4.77. The van der Waals surface area contributed by atoms with Crippen molar-refractivity contribution < 1.29 is 9.63 Å². The first-order valence-electron chi connectivity index (χ1n) is 9.57. The number of aryl methyl sites for hydroxylation is 1. The van der Waals surface area contributed by atoms with E-state index in [2.05, 4.69) is 28.6 Å². The van der Waals surface area contributed by atoms with Crippen molar-refractivity contribution in [1.82, 2.24) is 20.2 Å². The number of unbranched alkanes of at least 4 members (excludes halogenated alkanes) is 2. The summed E-state index contributed by atoms with van der Waals surface area (Å²) in [5.74, 6) is -0.422. The third-order valence-electron chi connectivity index (χ3n) is 4.92. The van der Waals surface area contributed by atoms with Crippen LogP contribution >= 0.6 is 0 Å². The Morgan fingerprint density at radius 2 is 2.04 bits per heavy atom. The van der Waals surface area contributed by atoms with E-state index in [0.717, 1.165) is 41.6 Å². The van der Waals surface area contributed by atoms with E-state index >= 15 is 0 Å². The van der Waals surface area contributed by atoms with Gasteiger partial charge in [-0.3, -0.25) is 14.3 Å². The molecule has 0 radical (unpaired) electrons. The third kappa shape index (κ3) is 4.57. The number of amides is 1. The summed E-state index contributed by atoms with van der Waals surface area (Å²) in [7, 11) is 1.87. The summed E-state index contributed by atoms with van der Waals surface area (Å²) >= 11 is 0. The highest BCUT2D eigenvalue weighted by molar-refractivity contribution is 5.93. The van der Waals surface area contributed by atoms with Crippen LogP contribution in [0.5, 0.6) is 0 Å². The Labute approximate surface area is 166 Å². The van der Waals surface area contributed by atoms with Gasteiger partial charge in [-0.05, 0) is 51.3 Å². The maximum Gasteiger partial charge on any atom is 0.293 e. The van der Waals surface area contributed by atoms with Crippen LogP contribution in [0.1, 0.15) is 67.5 Å². The average Bonchev–Trinajstić information content (AvgIpc) is 3.00. The van der Waals surface area contributed by atoms with E-state index in [1.54, 1.807) is 30.8 Å². The van der Waals surface area contributed by atoms with Gasteiger partial charge in [0.2, 0.25) is 0 Å². The van der Waals surface area contributed by atoms with Crippen LogP contribution in [-0.4, -0.2) is 27.3 Å². The van der Waals surface area contributed by atoms with Crippen molar-refractivity contribution in [3.8, 4) is 17.2 Å². The molecule has 7 nitrogen and oxygen atoms in total. The quantitative estimate of drug-likeness (QED) is 0.553. The van der Waals surface area contributed by atoms with Crippen molar-refractivity contribution in [1.29, 1.82) is 5.26 Å². The van der Waals surface area contributed by atoms with Crippen molar-refractivity contribution >= 4 is 5.91 Å². The second-order valence-corrected chi connectivity index (χ2v) is 7.52. The molecule has 0 aliphatic carbocycles. The molecule has 0 bridgehead atoms. The van der Waals surface area contributed by atoms with Crippen LogP contribution in [0.25, 0.3) is 11.1 Å². The Bertz CT molecular complexity index is 893. The summed E-state index contributed by atoms with van der Waals surface area (Å²) in [6, 6.07) is 4.02. The Morgan fingerprint density at radius 3 is 2.61 bits per heavy atom. The molecule has 0 saturated heterocycles. The topological polar surface area (TPSA) is 92.8 Å². The molecule has 0 atom stereocenters. The van der Waals surface area contributed by atoms with Gasteiger partial charge in [0, 0.05) is 18.3 Å². The minimum absolute atomic E-state index is 0.220. The van der Waals surface area contributed by atoms with Crippen LogP contribution in [0.15, 0.2) is 12.3 Å². The number of aromatic nitrogens is 3. The van der Waals surface area contributed by atoms with Crippen LogP contribution in [0.2, 0.25) is 0 Å². The Balaban J connectivity index is 2.45. The molecule has 0 aromatic carbocycles. The second kappa shape index (κ2) is 8.98. The molecule has 2 aromatic rings. The summed E-state index contributed by atoms with van der Waals surface area (Å²) in [4.78, 5) is 22.4. The van der Waals surface area contributed by atoms with Gasteiger partial charge in [-0.1, -0.05) is 19.8 Å². The van der Waals surface area contributed by atoms with Gasteiger partial charge in [-0.25, -0.2) is 10.5 Å². The molecule has 1 N–H and O–H groups in total. The molecular formula is C21H29N5O2. The minimum Gasteiger partial charge on any atom is -0.273 e. The van der Waals surface area contributed by atoms with Gasteiger partial charge in [-0.15, -0.1) is 0 Å². The molecule has 2 rings (SSSR count). The number of nitrogens with zero attached hydrogens (tertiary/aromatic N) is 4.